The van der Waals surface area contributed by atoms with E-state index in [9.17, 15) is 24.3 Å². The van der Waals surface area contributed by atoms with Gasteiger partial charge in [0.15, 0.2) is 0 Å². The number of amides is 3. The molecule has 31 heavy (non-hydrogen) atoms. The fourth-order valence-corrected chi connectivity index (χ4v) is 3.41. The SMILES string of the molecule is CC(=O)NC1C=CC(=CC(NC(=O)C(C=C2C=CC(N)CC2)NC(C)=O)C(=O)O)CC1. The summed E-state index contributed by atoms with van der Waals surface area (Å²) in [5.41, 5.74) is 7.42. The molecular weight excluding hydrogens is 400 g/mol. The number of nitrogens with two attached hydrogens (primary N) is 1. The van der Waals surface area contributed by atoms with Crippen LogP contribution in [0.3, 0.4) is 0 Å². The summed E-state index contributed by atoms with van der Waals surface area (Å²) >= 11 is 0. The van der Waals surface area contributed by atoms with Crippen LogP contribution >= 0.6 is 0 Å². The van der Waals surface area contributed by atoms with E-state index in [4.69, 9.17) is 5.73 Å². The fraction of sp³-hybridized carbons (Fsp3) is 0.455. The molecule has 3 amide bonds. The van der Waals surface area contributed by atoms with E-state index in [1.165, 1.54) is 19.9 Å². The Labute approximate surface area is 181 Å². The van der Waals surface area contributed by atoms with Gasteiger partial charge in [-0.2, -0.15) is 0 Å². The molecule has 0 saturated heterocycles. The predicted octanol–water partition coefficient (Wildman–Crippen LogP) is 0.445. The van der Waals surface area contributed by atoms with E-state index in [1.54, 1.807) is 18.2 Å². The zero-order valence-corrected chi connectivity index (χ0v) is 17.8. The summed E-state index contributed by atoms with van der Waals surface area (Å²) in [6.07, 6.45) is 12.8. The van der Waals surface area contributed by atoms with Crippen molar-refractivity contribution < 1.29 is 24.3 Å². The number of carboxylic acids is 1. The molecule has 9 nitrogen and oxygen atoms in total. The second-order valence-corrected chi connectivity index (χ2v) is 7.75. The third kappa shape index (κ3) is 8.21. The van der Waals surface area contributed by atoms with Gasteiger partial charge in [0.25, 0.3) is 0 Å². The molecule has 4 atom stereocenters. The number of carboxylic acid groups (broad SMARTS) is 1. The maximum atomic E-state index is 12.8. The van der Waals surface area contributed by atoms with Crippen LogP contribution in [0.2, 0.25) is 0 Å². The molecule has 0 bridgehead atoms. The number of carbonyl (C=O) groups is 4. The molecule has 0 aromatic heterocycles. The lowest BCUT2D eigenvalue weighted by Crippen LogP contribution is -2.50. The van der Waals surface area contributed by atoms with Gasteiger partial charge in [0.2, 0.25) is 17.7 Å². The lowest BCUT2D eigenvalue weighted by Gasteiger charge is -2.22. The average molecular weight is 431 g/mol. The number of nitrogens with one attached hydrogen (secondary N) is 3. The van der Waals surface area contributed by atoms with Crippen molar-refractivity contribution in [2.24, 2.45) is 5.73 Å². The summed E-state index contributed by atoms with van der Waals surface area (Å²) in [6.45, 7) is 2.73. The van der Waals surface area contributed by atoms with Crippen LogP contribution in [0.1, 0.15) is 39.5 Å². The van der Waals surface area contributed by atoms with Crippen LogP contribution in [0.25, 0.3) is 0 Å². The number of hydrogen-bond donors (Lipinski definition) is 5. The van der Waals surface area contributed by atoms with Crippen LogP contribution < -0.4 is 21.7 Å². The highest BCUT2D eigenvalue weighted by Gasteiger charge is 2.25. The topological polar surface area (TPSA) is 151 Å². The van der Waals surface area contributed by atoms with Gasteiger partial charge in [-0.3, -0.25) is 14.4 Å². The maximum absolute atomic E-state index is 12.8. The second kappa shape index (κ2) is 11.3. The van der Waals surface area contributed by atoms with Crippen molar-refractivity contribution in [1.29, 1.82) is 0 Å². The molecule has 4 unspecified atom stereocenters. The fourth-order valence-electron chi connectivity index (χ4n) is 3.41. The Morgan fingerprint density at radius 1 is 0.968 bits per heavy atom. The molecule has 0 spiro atoms. The lowest BCUT2D eigenvalue weighted by atomic mass is 9.96. The summed E-state index contributed by atoms with van der Waals surface area (Å²) < 4.78 is 0. The minimum Gasteiger partial charge on any atom is -0.479 e. The van der Waals surface area contributed by atoms with Gasteiger partial charge >= 0.3 is 5.97 Å². The monoisotopic (exact) mass is 430 g/mol. The van der Waals surface area contributed by atoms with Gasteiger partial charge in [-0.1, -0.05) is 24.3 Å². The largest absolute Gasteiger partial charge is 0.479 e. The first-order valence-electron chi connectivity index (χ1n) is 10.2. The highest BCUT2D eigenvalue weighted by molar-refractivity contribution is 5.92. The Balaban J connectivity index is 2.12. The first-order chi connectivity index (χ1) is 14.6. The number of carbonyl (C=O) groups excluding carboxylic acids is 3. The van der Waals surface area contributed by atoms with Gasteiger partial charge in [0.1, 0.15) is 12.1 Å². The number of aliphatic carboxylic acids is 1. The second-order valence-electron chi connectivity index (χ2n) is 7.75. The smallest absolute Gasteiger partial charge is 0.330 e. The highest BCUT2D eigenvalue weighted by Crippen LogP contribution is 2.18. The molecule has 0 radical (unpaired) electrons. The zero-order chi connectivity index (χ0) is 23.0. The Morgan fingerprint density at radius 3 is 2.06 bits per heavy atom. The standard InChI is InChI=1S/C22H30N4O5/c1-13(27)24-18-9-5-16(6-10-18)12-20(22(30)31)26-21(29)19(25-14(2)28)11-15-3-7-17(23)8-4-15/h3,5,7,9,11-12,17-20H,4,6,8,10,23H2,1-2H3,(H,24,27)(H,25,28)(H,26,29)(H,30,31). The molecule has 2 aliphatic rings. The summed E-state index contributed by atoms with van der Waals surface area (Å²) in [7, 11) is 0. The summed E-state index contributed by atoms with van der Waals surface area (Å²) in [5.74, 6) is -2.37. The van der Waals surface area contributed by atoms with Crippen molar-refractivity contribution in [3.05, 3.63) is 47.6 Å². The molecule has 6 N–H and O–H groups in total. The van der Waals surface area contributed by atoms with Gasteiger partial charge in [0, 0.05) is 25.9 Å². The van der Waals surface area contributed by atoms with Crippen molar-refractivity contribution >= 4 is 23.7 Å². The molecule has 168 valence electrons. The quantitative estimate of drug-likeness (QED) is 0.396. The number of hydrogen-bond acceptors (Lipinski definition) is 5. The van der Waals surface area contributed by atoms with Gasteiger partial charge in [0.05, 0.1) is 0 Å². The molecule has 0 aromatic carbocycles. The van der Waals surface area contributed by atoms with Crippen LogP contribution in [-0.2, 0) is 19.2 Å². The Morgan fingerprint density at radius 2 is 1.58 bits per heavy atom. The Kier molecular flexibility index (Phi) is 8.75. The Bertz CT molecular complexity index is 843. The summed E-state index contributed by atoms with van der Waals surface area (Å²) in [5, 5.41) is 17.4. The average Bonchev–Trinajstić information content (AvgIpc) is 2.69. The van der Waals surface area contributed by atoms with Crippen LogP contribution in [0.5, 0.6) is 0 Å². The molecule has 2 aliphatic carbocycles. The molecule has 9 heteroatoms. The lowest BCUT2D eigenvalue weighted by molar-refractivity contribution is -0.140. The van der Waals surface area contributed by atoms with Crippen LogP contribution in [0, 0.1) is 0 Å². The first kappa shape index (κ1) is 24.1. The van der Waals surface area contributed by atoms with Crippen molar-refractivity contribution in [2.75, 3.05) is 0 Å². The van der Waals surface area contributed by atoms with Gasteiger partial charge in [-0.05, 0) is 49.0 Å². The minimum atomic E-state index is -1.26. The van der Waals surface area contributed by atoms with Crippen molar-refractivity contribution in [3.63, 3.8) is 0 Å². The number of rotatable bonds is 7. The summed E-state index contributed by atoms with van der Waals surface area (Å²) in [6, 6.07) is -2.39. The molecule has 0 heterocycles. The third-order valence-corrected chi connectivity index (χ3v) is 4.97. The van der Waals surface area contributed by atoms with Crippen molar-refractivity contribution in [1.82, 2.24) is 16.0 Å². The zero-order valence-electron chi connectivity index (χ0n) is 17.8. The number of allylic oxidation sites excluding steroid dienone is 4. The van der Waals surface area contributed by atoms with Crippen molar-refractivity contribution in [2.45, 2.75) is 63.7 Å². The minimum absolute atomic E-state index is 0.0398. The van der Waals surface area contributed by atoms with E-state index in [1.807, 2.05) is 12.2 Å². The maximum Gasteiger partial charge on any atom is 0.330 e. The van der Waals surface area contributed by atoms with Gasteiger partial charge in [-0.15, -0.1) is 0 Å². The summed E-state index contributed by atoms with van der Waals surface area (Å²) in [4.78, 5) is 47.2. The van der Waals surface area contributed by atoms with E-state index in [0.717, 1.165) is 17.6 Å². The van der Waals surface area contributed by atoms with Crippen LogP contribution in [-0.4, -0.2) is 53.0 Å². The third-order valence-electron chi connectivity index (χ3n) is 4.97. The Hall–Kier alpha value is -3.20. The first-order valence-corrected chi connectivity index (χ1v) is 10.2. The van der Waals surface area contributed by atoms with Crippen LogP contribution in [0.4, 0.5) is 0 Å². The molecule has 2 rings (SSSR count). The molecule has 0 aromatic rings. The van der Waals surface area contributed by atoms with Crippen molar-refractivity contribution in [3.8, 4) is 0 Å². The van der Waals surface area contributed by atoms with Gasteiger partial charge in [-0.25, -0.2) is 4.79 Å². The molecule has 0 saturated carbocycles. The van der Waals surface area contributed by atoms with Gasteiger partial charge < -0.3 is 26.8 Å². The van der Waals surface area contributed by atoms with E-state index >= 15 is 0 Å². The van der Waals surface area contributed by atoms with Crippen LogP contribution in [0.15, 0.2) is 47.6 Å². The molecule has 0 fully saturated rings. The molecule has 0 aliphatic heterocycles. The van der Waals surface area contributed by atoms with E-state index in [2.05, 4.69) is 16.0 Å². The predicted molar refractivity (Wildman–Crippen MR) is 116 cm³/mol. The normalized spacial score (nSPS) is 25.0. The highest BCUT2D eigenvalue weighted by atomic mass is 16.4. The van der Waals surface area contributed by atoms with E-state index in [-0.39, 0.29) is 18.0 Å². The van der Waals surface area contributed by atoms with E-state index in [0.29, 0.717) is 19.3 Å². The van der Waals surface area contributed by atoms with E-state index < -0.39 is 29.9 Å². The molecular formula is C22H30N4O5.